The molecule has 4 aromatic heterocycles. The average molecular weight is 503 g/mol. The van der Waals surface area contributed by atoms with Crippen molar-refractivity contribution in [2.24, 2.45) is 5.92 Å². The quantitative estimate of drug-likeness (QED) is 0.362. The van der Waals surface area contributed by atoms with Crippen molar-refractivity contribution >= 4 is 28.4 Å². The predicted molar refractivity (Wildman–Crippen MR) is 130 cm³/mol. The van der Waals surface area contributed by atoms with Gasteiger partial charge in [0.1, 0.15) is 16.9 Å². The number of nitrogens with one attached hydrogen (secondary N) is 1. The summed E-state index contributed by atoms with van der Waals surface area (Å²) in [7, 11) is 0. The number of nitrogens with zero attached hydrogens (tertiary/aromatic N) is 6. The summed E-state index contributed by atoms with van der Waals surface area (Å²) in [4.78, 5) is 13.1. The lowest BCUT2D eigenvalue weighted by Gasteiger charge is -2.36. The van der Waals surface area contributed by atoms with E-state index in [0.717, 1.165) is 25.7 Å². The van der Waals surface area contributed by atoms with Gasteiger partial charge in [-0.15, -0.1) is 5.10 Å². The number of halogens is 3. The standard InChI is InChI=1S/C24H29F3N8O/c1-12-29-17-9-8-16(31-22(17)34(12)11-18(26)27)19-15(25)10-35-20(19)21(28)32-23(33-35)30-14-6-4-13(5-7-14)24(2,3)36/h8-10,13-14,18,36H,4-7,11H2,1-3H3,(H3,28,30,32,33). The first-order valence-corrected chi connectivity index (χ1v) is 12.0. The molecule has 0 unspecified atom stereocenters. The zero-order chi connectivity index (χ0) is 25.8. The van der Waals surface area contributed by atoms with Crippen LogP contribution in [0.4, 0.5) is 24.9 Å². The number of aryl methyl sites for hydroxylation is 1. The van der Waals surface area contributed by atoms with Gasteiger partial charge in [-0.1, -0.05) is 0 Å². The summed E-state index contributed by atoms with van der Waals surface area (Å²) in [5.41, 5.74) is 6.77. The molecule has 1 saturated carbocycles. The first-order valence-electron chi connectivity index (χ1n) is 12.0. The van der Waals surface area contributed by atoms with Crippen molar-refractivity contribution in [1.29, 1.82) is 0 Å². The Balaban J connectivity index is 1.46. The van der Waals surface area contributed by atoms with Gasteiger partial charge < -0.3 is 20.7 Å². The number of fused-ring (bicyclic) bond motifs is 2. The highest BCUT2D eigenvalue weighted by Gasteiger charge is 2.31. The highest BCUT2D eigenvalue weighted by Crippen LogP contribution is 2.35. The summed E-state index contributed by atoms with van der Waals surface area (Å²) in [6, 6.07) is 3.31. The lowest BCUT2D eigenvalue weighted by molar-refractivity contribution is -0.000419. The molecule has 12 heteroatoms. The maximum atomic E-state index is 15.2. The van der Waals surface area contributed by atoms with Gasteiger partial charge in [0.2, 0.25) is 5.95 Å². The second-order valence-corrected chi connectivity index (χ2v) is 10.0. The minimum absolute atomic E-state index is 0.0655. The number of pyridine rings is 1. The summed E-state index contributed by atoms with van der Waals surface area (Å²) in [5, 5.41) is 18.0. The van der Waals surface area contributed by atoms with Crippen molar-refractivity contribution in [2.75, 3.05) is 11.1 Å². The van der Waals surface area contributed by atoms with E-state index in [2.05, 4.69) is 25.4 Å². The Bertz CT molecular complexity index is 1420. The predicted octanol–water partition coefficient (Wildman–Crippen LogP) is 4.18. The summed E-state index contributed by atoms with van der Waals surface area (Å²) >= 11 is 0. The van der Waals surface area contributed by atoms with Crippen LogP contribution in [0.25, 0.3) is 27.9 Å². The number of anilines is 2. The first kappa shape index (κ1) is 24.3. The number of aromatic nitrogens is 6. The topological polar surface area (TPSA) is 119 Å². The number of aliphatic hydroxyl groups is 1. The average Bonchev–Trinajstić information content (AvgIpc) is 3.29. The van der Waals surface area contributed by atoms with Crippen LogP contribution in [0.3, 0.4) is 0 Å². The normalized spacial score (nSPS) is 19.0. The number of alkyl halides is 2. The summed E-state index contributed by atoms with van der Waals surface area (Å²) in [6.45, 7) is 4.73. The van der Waals surface area contributed by atoms with Crippen LogP contribution in [0.5, 0.6) is 0 Å². The van der Waals surface area contributed by atoms with Crippen LogP contribution in [-0.2, 0) is 6.54 Å². The van der Waals surface area contributed by atoms with Crippen molar-refractivity contribution in [2.45, 2.75) is 71.1 Å². The Kier molecular flexibility index (Phi) is 6.01. The van der Waals surface area contributed by atoms with Crippen LogP contribution in [-0.4, -0.2) is 52.3 Å². The molecule has 1 aliphatic carbocycles. The van der Waals surface area contributed by atoms with Gasteiger partial charge in [-0.05, 0) is 64.5 Å². The van der Waals surface area contributed by atoms with Crippen molar-refractivity contribution in [3.05, 3.63) is 30.0 Å². The van der Waals surface area contributed by atoms with Crippen molar-refractivity contribution in [3.8, 4) is 11.3 Å². The van der Waals surface area contributed by atoms with Gasteiger partial charge in [0.15, 0.2) is 17.3 Å². The molecule has 0 saturated heterocycles. The number of hydrogen-bond donors (Lipinski definition) is 3. The van der Waals surface area contributed by atoms with E-state index in [9.17, 15) is 13.9 Å². The minimum Gasteiger partial charge on any atom is -0.390 e. The van der Waals surface area contributed by atoms with E-state index < -0.39 is 24.4 Å². The minimum atomic E-state index is -2.58. The van der Waals surface area contributed by atoms with Gasteiger partial charge >= 0.3 is 0 Å². The maximum Gasteiger partial charge on any atom is 0.256 e. The Labute approximate surface area is 205 Å². The van der Waals surface area contributed by atoms with E-state index in [0.29, 0.717) is 11.3 Å². The molecule has 1 fully saturated rings. The van der Waals surface area contributed by atoms with Crippen LogP contribution in [0, 0.1) is 18.7 Å². The fourth-order valence-corrected chi connectivity index (χ4v) is 5.12. The summed E-state index contributed by atoms with van der Waals surface area (Å²) in [5.74, 6) is 0.364. The molecule has 36 heavy (non-hydrogen) atoms. The third-order valence-corrected chi connectivity index (χ3v) is 7.03. The Morgan fingerprint density at radius 1 is 1.17 bits per heavy atom. The fraction of sp³-hybridized carbons (Fsp3) is 0.500. The van der Waals surface area contributed by atoms with Gasteiger partial charge in [-0.25, -0.2) is 27.7 Å². The molecule has 0 atom stereocenters. The molecule has 0 spiro atoms. The molecule has 0 amide bonds. The van der Waals surface area contributed by atoms with Gasteiger partial charge in [0, 0.05) is 6.04 Å². The third kappa shape index (κ3) is 4.45. The zero-order valence-electron chi connectivity index (χ0n) is 20.3. The Hall–Kier alpha value is -3.41. The number of imidazole rings is 1. The van der Waals surface area contributed by atoms with Crippen LogP contribution in [0.1, 0.15) is 45.4 Å². The van der Waals surface area contributed by atoms with Crippen molar-refractivity contribution < 1.29 is 18.3 Å². The van der Waals surface area contributed by atoms with E-state index in [1.54, 1.807) is 19.1 Å². The molecule has 5 rings (SSSR count). The highest BCUT2D eigenvalue weighted by molar-refractivity contribution is 5.89. The molecule has 4 aromatic rings. The molecule has 0 aliphatic heterocycles. The lowest BCUT2D eigenvalue weighted by Crippen LogP contribution is -2.37. The summed E-state index contributed by atoms with van der Waals surface area (Å²) < 4.78 is 44.0. The van der Waals surface area contributed by atoms with E-state index in [1.165, 1.54) is 15.3 Å². The smallest absolute Gasteiger partial charge is 0.256 e. The maximum absolute atomic E-state index is 15.2. The molecule has 0 radical (unpaired) electrons. The molecule has 0 aromatic carbocycles. The van der Waals surface area contributed by atoms with Crippen LogP contribution in [0.2, 0.25) is 0 Å². The number of rotatable bonds is 6. The van der Waals surface area contributed by atoms with E-state index in [1.807, 2.05) is 13.8 Å². The molecular weight excluding hydrogens is 473 g/mol. The highest BCUT2D eigenvalue weighted by atomic mass is 19.3. The second kappa shape index (κ2) is 8.91. The second-order valence-electron chi connectivity index (χ2n) is 10.0. The fourth-order valence-electron chi connectivity index (χ4n) is 5.12. The van der Waals surface area contributed by atoms with Gasteiger partial charge in [0.05, 0.1) is 29.6 Å². The van der Waals surface area contributed by atoms with E-state index in [-0.39, 0.29) is 46.1 Å². The van der Waals surface area contributed by atoms with E-state index >= 15 is 4.39 Å². The Morgan fingerprint density at radius 3 is 2.56 bits per heavy atom. The molecule has 4 N–H and O–H groups in total. The van der Waals surface area contributed by atoms with Gasteiger partial charge in [-0.3, -0.25) is 0 Å². The van der Waals surface area contributed by atoms with Crippen molar-refractivity contribution in [1.82, 2.24) is 29.1 Å². The monoisotopic (exact) mass is 502 g/mol. The van der Waals surface area contributed by atoms with Crippen LogP contribution < -0.4 is 11.1 Å². The molecule has 9 nitrogen and oxygen atoms in total. The molecule has 0 bridgehead atoms. The van der Waals surface area contributed by atoms with Crippen molar-refractivity contribution in [3.63, 3.8) is 0 Å². The van der Waals surface area contributed by atoms with Crippen LogP contribution >= 0.6 is 0 Å². The molecular formula is C24H29F3N8O. The SMILES string of the molecule is Cc1nc2ccc(-c3c(F)cn4nc(NC5CCC(C(C)(C)O)CC5)nc(N)c34)nc2n1CC(F)F. The molecule has 192 valence electrons. The summed E-state index contributed by atoms with van der Waals surface area (Å²) in [6.07, 6.45) is 2.05. The zero-order valence-corrected chi connectivity index (χ0v) is 20.3. The van der Waals surface area contributed by atoms with Crippen LogP contribution in [0.15, 0.2) is 18.3 Å². The largest absolute Gasteiger partial charge is 0.390 e. The first-order chi connectivity index (χ1) is 17.0. The van der Waals surface area contributed by atoms with Gasteiger partial charge in [-0.2, -0.15) is 4.98 Å². The number of nitrogens with two attached hydrogens (primary N) is 1. The Morgan fingerprint density at radius 2 is 1.89 bits per heavy atom. The number of hydrogen-bond acceptors (Lipinski definition) is 7. The van der Waals surface area contributed by atoms with Gasteiger partial charge in [0.25, 0.3) is 6.43 Å². The molecule has 1 aliphatic rings. The van der Waals surface area contributed by atoms with E-state index in [4.69, 9.17) is 5.73 Å². The third-order valence-electron chi connectivity index (χ3n) is 7.03. The molecule has 4 heterocycles. The number of nitrogen functional groups attached to an aromatic ring is 1. The lowest BCUT2D eigenvalue weighted by atomic mass is 9.77.